The Morgan fingerprint density at radius 1 is 1.46 bits per heavy atom. The highest BCUT2D eigenvalue weighted by atomic mass is 32.2. The number of nitrogens with two attached hydrogens (primary N) is 1. The lowest BCUT2D eigenvalue weighted by Gasteiger charge is -2.49. The largest absolute Gasteiger partial charge is 0.477 e. The number of oxime groups is 1. The third kappa shape index (κ3) is 3.97. The lowest BCUT2D eigenvalue weighted by atomic mass is 10.0. The molecule has 2 atom stereocenters. The summed E-state index contributed by atoms with van der Waals surface area (Å²) >= 11 is 1.35. The number of carboxylic acids is 1. The van der Waals surface area contributed by atoms with Crippen LogP contribution in [0.2, 0.25) is 0 Å². The van der Waals surface area contributed by atoms with Gasteiger partial charge in [-0.3, -0.25) is 14.5 Å². The molecule has 5 heterocycles. The second-order valence-electron chi connectivity index (χ2n) is 7.71. The summed E-state index contributed by atoms with van der Waals surface area (Å²) in [6.07, 6.45) is 5.16. The van der Waals surface area contributed by atoms with Gasteiger partial charge >= 0.3 is 5.97 Å². The number of pyridine rings is 1. The Kier molecular flexibility index (Phi) is 5.64. The minimum Gasteiger partial charge on any atom is -0.477 e. The summed E-state index contributed by atoms with van der Waals surface area (Å²) in [7, 11) is 1.25. The summed E-state index contributed by atoms with van der Waals surface area (Å²) in [6, 6.07) is 4.02. The number of hydrogen-bond acceptors (Lipinski definition) is 10. The van der Waals surface area contributed by atoms with E-state index >= 15 is 0 Å². The first kappa shape index (κ1) is 22.5. The average Bonchev–Trinajstić information content (AvgIpc) is 3.48. The highest BCUT2D eigenvalue weighted by Gasteiger charge is 2.54. The van der Waals surface area contributed by atoms with Gasteiger partial charge in [0, 0.05) is 28.8 Å². The van der Waals surface area contributed by atoms with E-state index in [0.717, 1.165) is 5.39 Å². The van der Waals surface area contributed by atoms with Crippen LogP contribution in [0.5, 0.6) is 0 Å². The van der Waals surface area contributed by atoms with Crippen molar-refractivity contribution in [2.75, 3.05) is 18.6 Å². The highest BCUT2D eigenvalue weighted by molar-refractivity contribution is 8.00. The van der Waals surface area contributed by atoms with Crippen molar-refractivity contribution in [3.63, 3.8) is 0 Å². The number of aromatic nitrogens is 2. The molecule has 2 aliphatic rings. The molecular weight excluding hydrogens is 480 g/mol. The molecule has 0 radical (unpaired) electrons. The van der Waals surface area contributed by atoms with Crippen LogP contribution in [0.3, 0.4) is 0 Å². The zero-order chi connectivity index (χ0) is 24.7. The minimum atomic E-state index is -1.22. The highest BCUT2D eigenvalue weighted by Crippen LogP contribution is 2.40. The summed E-state index contributed by atoms with van der Waals surface area (Å²) in [5.74, 6) is -2.19. The predicted octanol–water partition coefficient (Wildman–Crippen LogP) is 0.0798. The molecule has 2 amide bonds. The first-order valence-corrected chi connectivity index (χ1v) is 11.3. The van der Waals surface area contributed by atoms with Crippen LogP contribution in [-0.2, 0) is 25.8 Å². The van der Waals surface area contributed by atoms with Crippen molar-refractivity contribution in [2.45, 2.75) is 18.0 Å². The topological polar surface area (TPSA) is 177 Å². The van der Waals surface area contributed by atoms with E-state index in [4.69, 9.17) is 19.5 Å². The van der Waals surface area contributed by atoms with Crippen molar-refractivity contribution < 1.29 is 37.8 Å². The molecule has 0 aromatic carbocycles. The molecule has 2 aliphatic heterocycles. The van der Waals surface area contributed by atoms with Gasteiger partial charge in [0.1, 0.15) is 29.9 Å². The van der Waals surface area contributed by atoms with Crippen LogP contribution in [0.4, 0.5) is 5.88 Å². The van der Waals surface area contributed by atoms with Crippen LogP contribution < -0.4 is 15.6 Å². The molecule has 4 N–H and O–H groups in total. The van der Waals surface area contributed by atoms with E-state index in [9.17, 15) is 19.5 Å². The molecule has 180 valence electrons. The van der Waals surface area contributed by atoms with Crippen molar-refractivity contribution in [3.05, 3.63) is 53.8 Å². The van der Waals surface area contributed by atoms with E-state index in [2.05, 4.69) is 15.6 Å². The van der Waals surface area contributed by atoms with Gasteiger partial charge in [0.05, 0.1) is 6.26 Å². The summed E-state index contributed by atoms with van der Waals surface area (Å²) in [4.78, 5) is 43.8. The number of hydrogen-bond donors (Lipinski definition) is 3. The molecule has 1 fully saturated rings. The standard InChI is InChI=1S/C21H18N6O7S/c1-32-25-15(12-6-14(22)34-24-12)18(28)23-16-19(29)27-17(21(30)31)11(9-35-20(16)27)7-26-4-2-10-3-5-33-13(10)8-26/h2-6,8,16,20H,7,9H2,1H3,(H3-,22,23,24,28,30,31)/p+1/t16?,20-/m0/s1. The predicted molar refractivity (Wildman–Crippen MR) is 121 cm³/mol. The third-order valence-electron chi connectivity index (χ3n) is 5.53. The minimum absolute atomic E-state index is 0.0285. The summed E-state index contributed by atoms with van der Waals surface area (Å²) < 4.78 is 12.0. The average molecular weight is 499 g/mol. The fourth-order valence-corrected chi connectivity index (χ4v) is 5.31. The van der Waals surface area contributed by atoms with Crippen LogP contribution >= 0.6 is 11.8 Å². The normalized spacial score (nSPS) is 20.0. The van der Waals surface area contributed by atoms with Gasteiger partial charge in [-0.2, -0.15) is 4.57 Å². The molecule has 1 unspecified atom stereocenters. The zero-order valence-corrected chi connectivity index (χ0v) is 19.0. The Balaban J connectivity index is 1.36. The van der Waals surface area contributed by atoms with Gasteiger partial charge in [-0.1, -0.05) is 10.3 Å². The number of β-lactam (4-membered cyclic amide) rings is 1. The van der Waals surface area contributed by atoms with Crippen molar-refractivity contribution in [1.82, 2.24) is 15.4 Å². The molecule has 1 saturated heterocycles. The lowest BCUT2D eigenvalue weighted by molar-refractivity contribution is -0.688. The smallest absolute Gasteiger partial charge is 0.352 e. The van der Waals surface area contributed by atoms with E-state index < -0.39 is 29.2 Å². The number of aliphatic carboxylic acids is 1. The maximum absolute atomic E-state index is 13.0. The third-order valence-corrected chi connectivity index (χ3v) is 6.87. The van der Waals surface area contributed by atoms with Gasteiger partial charge in [-0.25, -0.2) is 4.79 Å². The Morgan fingerprint density at radius 3 is 3.00 bits per heavy atom. The van der Waals surface area contributed by atoms with Gasteiger partial charge in [0.15, 0.2) is 24.0 Å². The number of fused-ring (bicyclic) bond motifs is 2. The van der Waals surface area contributed by atoms with Crippen LogP contribution in [0.25, 0.3) is 11.0 Å². The van der Waals surface area contributed by atoms with E-state index in [0.29, 0.717) is 16.9 Å². The van der Waals surface area contributed by atoms with Crippen molar-refractivity contribution in [1.29, 1.82) is 0 Å². The molecule has 3 aromatic rings. The molecule has 14 heteroatoms. The molecular formula is C21H19N6O7S+. The molecule has 3 aromatic heterocycles. The van der Waals surface area contributed by atoms with Crippen LogP contribution in [0.1, 0.15) is 5.69 Å². The Morgan fingerprint density at radius 2 is 2.29 bits per heavy atom. The maximum Gasteiger partial charge on any atom is 0.352 e. The first-order valence-electron chi connectivity index (χ1n) is 10.3. The number of nitrogens with one attached hydrogen (secondary N) is 1. The molecule has 0 saturated carbocycles. The summed E-state index contributed by atoms with van der Waals surface area (Å²) in [5, 5.41) is 20.1. The number of nitrogen functional groups attached to an aromatic ring is 1. The van der Waals surface area contributed by atoms with E-state index in [1.54, 1.807) is 17.0 Å². The molecule has 0 bridgehead atoms. The first-order chi connectivity index (χ1) is 16.9. The fraction of sp³-hybridized carbons (Fsp3) is 0.238. The number of anilines is 1. The zero-order valence-electron chi connectivity index (χ0n) is 18.2. The lowest BCUT2D eigenvalue weighted by Crippen LogP contribution is -2.71. The number of furan rings is 1. The maximum atomic E-state index is 13.0. The van der Waals surface area contributed by atoms with Crippen molar-refractivity contribution >= 4 is 52.1 Å². The number of amides is 2. The number of thioether (sulfide) groups is 1. The van der Waals surface area contributed by atoms with Gasteiger partial charge < -0.3 is 29.9 Å². The van der Waals surface area contributed by atoms with E-state index in [1.807, 2.05) is 18.3 Å². The Bertz CT molecular complexity index is 1410. The van der Waals surface area contributed by atoms with E-state index in [1.165, 1.54) is 29.8 Å². The number of nitrogens with zero attached hydrogens (tertiary/aromatic N) is 4. The Hall–Kier alpha value is -4.33. The van der Waals surface area contributed by atoms with Crippen LogP contribution in [-0.4, -0.2) is 62.9 Å². The molecule has 13 nitrogen and oxygen atoms in total. The van der Waals surface area contributed by atoms with Gasteiger partial charge in [-0.15, -0.1) is 11.8 Å². The SMILES string of the molecule is CON=C(C(=O)NC1C(=O)N2C(C(=O)O)=C(C[n+]3ccc4ccoc4c3)CS[C@@H]12)c1cc(N)on1. The number of carboxylic acid groups (broad SMARTS) is 1. The quantitative estimate of drug-likeness (QED) is 0.175. The number of carbonyl (C=O) groups excluding carboxylic acids is 2. The molecule has 0 aliphatic carbocycles. The fourth-order valence-electron chi connectivity index (χ4n) is 3.97. The summed E-state index contributed by atoms with van der Waals surface area (Å²) in [5.41, 5.74) is 6.43. The summed E-state index contributed by atoms with van der Waals surface area (Å²) in [6.45, 7) is 0.261. The monoisotopic (exact) mass is 499 g/mol. The second-order valence-corrected chi connectivity index (χ2v) is 8.82. The van der Waals surface area contributed by atoms with Crippen molar-refractivity contribution in [3.8, 4) is 0 Å². The van der Waals surface area contributed by atoms with Crippen molar-refractivity contribution in [2.24, 2.45) is 5.16 Å². The second kappa shape index (κ2) is 8.79. The van der Waals surface area contributed by atoms with E-state index in [-0.39, 0.29) is 29.5 Å². The van der Waals surface area contributed by atoms with Crippen LogP contribution in [0, 0.1) is 0 Å². The van der Waals surface area contributed by atoms with Gasteiger partial charge in [0.25, 0.3) is 11.8 Å². The van der Waals surface area contributed by atoms with Gasteiger partial charge in [-0.05, 0) is 6.07 Å². The van der Waals surface area contributed by atoms with Crippen LogP contribution in [0.15, 0.2) is 62.2 Å². The molecule has 5 rings (SSSR count). The molecule has 35 heavy (non-hydrogen) atoms. The Labute approximate surface area is 201 Å². The van der Waals surface area contributed by atoms with Gasteiger partial charge in [0.2, 0.25) is 12.1 Å². The number of rotatable bonds is 7. The molecule has 0 spiro atoms. The number of carbonyl (C=O) groups is 3.